The maximum atomic E-state index is 12.1. The summed E-state index contributed by atoms with van der Waals surface area (Å²) in [7, 11) is 3.00. The molecule has 10 heteroatoms. The first-order valence-electron chi connectivity index (χ1n) is 7.11. The van der Waals surface area contributed by atoms with Gasteiger partial charge < -0.3 is 19.8 Å². The topological polar surface area (TPSA) is 102 Å². The van der Waals surface area contributed by atoms with Gasteiger partial charge in [0, 0.05) is 12.1 Å². The second kappa shape index (κ2) is 7.58. The van der Waals surface area contributed by atoms with Gasteiger partial charge in [-0.1, -0.05) is 23.4 Å². The SMILES string of the molecule is COc1cc(NC(=O)CSc2nc3cnc(Cl)cc3[nH]2)cnc1OC. The number of H-pyrrole nitrogens is 1. The minimum Gasteiger partial charge on any atom is -0.491 e. The third kappa shape index (κ3) is 4.12. The number of hydrogen-bond donors (Lipinski definition) is 2. The van der Waals surface area contributed by atoms with Crippen molar-refractivity contribution in [3.63, 3.8) is 0 Å². The number of aromatic amines is 1. The lowest BCUT2D eigenvalue weighted by atomic mass is 10.4. The Morgan fingerprint density at radius 1 is 1.28 bits per heavy atom. The number of carbonyl (C=O) groups is 1. The molecule has 0 bridgehead atoms. The number of hydrogen-bond acceptors (Lipinski definition) is 7. The summed E-state index contributed by atoms with van der Waals surface area (Å²) < 4.78 is 10.2. The van der Waals surface area contributed by atoms with Crippen LogP contribution in [0.3, 0.4) is 0 Å². The van der Waals surface area contributed by atoms with Crippen LogP contribution in [0.1, 0.15) is 0 Å². The molecule has 0 unspecified atom stereocenters. The van der Waals surface area contributed by atoms with Gasteiger partial charge in [-0.25, -0.2) is 15.0 Å². The Morgan fingerprint density at radius 2 is 2.12 bits per heavy atom. The number of halogens is 1. The summed E-state index contributed by atoms with van der Waals surface area (Å²) in [6, 6.07) is 3.33. The molecule has 0 aliphatic carbocycles. The summed E-state index contributed by atoms with van der Waals surface area (Å²) in [5.74, 6) is 0.768. The van der Waals surface area contributed by atoms with E-state index in [4.69, 9.17) is 21.1 Å². The fourth-order valence-electron chi connectivity index (χ4n) is 2.06. The lowest BCUT2D eigenvalue weighted by Gasteiger charge is -2.09. The fraction of sp³-hybridized carbons (Fsp3) is 0.200. The van der Waals surface area contributed by atoms with E-state index in [2.05, 4.69) is 25.3 Å². The largest absolute Gasteiger partial charge is 0.491 e. The molecule has 0 saturated heterocycles. The number of methoxy groups -OCH3 is 2. The summed E-state index contributed by atoms with van der Waals surface area (Å²) in [4.78, 5) is 27.6. The van der Waals surface area contributed by atoms with Crippen LogP contribution in [-0.4, -0.2) is 45.8 Å². The zero-order chi connectivity index (χ0) is 17.8. The molecule has 2 N–H and O–H groups in total. The highest BCUT2D eigenvalue weighted by Gasteiger charge is 2.11. The quantitative estimate of drug-likeness (QED) is 0.501. The molecule has 0 aromatic carbocycles. The fourth-order valence-corrected chi connectivity index (χ4v) is 2.91. The molecule has 8 nitrogen and oxygen atoms in total. The van der Waals surface area contributed by atoms with Gasteiger partial charge in [0.25, 0.3) is 5.88 Å². The number of carbonyl (C=O) groups excluding carboxylic acids is 1. The number of nitrogens with one attached hydrogen (secondary N) is 2. The minimum absolute atomic E-state index is 0.176. The van der Waals surface area contributed by atoms with Gasteiger partial charge in [-0.3, -0.25) is 4.79 Å². The van der Waals surface area contributed by atoms with Gasteiger partial charge in [-0.05, 0) is 0 Å². The van der Waals surface area contributed by atoms with Crippen LogP contribution in [0.2, 0.25) is 5.15 Å². The normalized spacial score (nSPS) is 10.7. The van der Waals surface area contributed by atoms with Crippen LogP contribution < -0.4 is 14.8 Å². The molecule has 0 atom stereocenters. The van der Waals surface area contributed by atoms with Gasteiger partial charge in [0.05, 0.1) is 43.6 Å². The summed E-state index contributed by atoms with van der Waals surface area (Å²) in [5.41, 5.74) is 1.98. The number of rotatable bonds is 6. The van der Waals surface area contributed by atoms with Crippen LogP contribution in [0.15, 0.2) is 29.7 Å². The van der Waals surface area contributed by atoms with Gasteiger partial charge in [0.15, 0.2) is 10.9 Å². The third-order valence-electron chi connectivity index (χ3n) is 3.17. The van der Waals surface area contributed by atoms with E-state index < -0.39 is 0 Å². The van der Waals surface area contributed by atoms with Crippen LogP contribution in [0.5, 0.6) is 11.6 Å². The number of anilines is 1. The van der Waals surface area contributed by atoms with Crippen LogP contribution in [0, 0.1) is 0 Å². The molecular weight excluding hydrogens is 366 g/mol. The average Bonchev–Trinajstić information content (AvgIpc) is 3.01. The van der Waals surface area contributed by atoms with Crippen molar-refractivity contribution in [2.75, 3.05) is 25.3 Å². The number of pyridine rings is 2. The lowest BCUT2D eigenvalue weighted by Crippen LogP contribution is -2.14. The zero-order valence-electron chi connectivity index (χ0n) is 13.4. The second-order valence-electron chi connectivity index (χ2n) is 4.84. The molecule has 3 heterocycles. The van der Waals surface area contributed by atoms with Crippen molar-refractivity contribution < 1.29 is 14.3 Å². The van der Waals surface area contributed by atoms with E-state index in [1.54, 1.807) is 18.3 Å². The predicted octanol–water partition coefficient (Wildman–Crippen LogP) is 2.75. The van der Waals surface area contributed by atoms with Crippen LogP contribution in [-0.2, 0) is 4.79 Å². The number of nitrogens with zero attached hydrogens (tertiary/aromatic N) is 3. The smallest absolute Gasteiger partial charge is 0.256 e. The Labute approximate surface area is 152 Å². The molecule has 0 fully saturated rings. The van der Waals surface area contributed by atoms with Crippen molar-refractivity contribution in [3.05, 3.63) is 29.7 Å². The Hall–Kier alpha value is -2.52. The Balaban J connectivity index is 1.62. The highest BCUT2D eigenvalue weighted by atomic mass is 35.5. The van der Waals surface area contributed by atoms with E-state index >= 15 is 0 Å². The molecule has 130 valence electrons. The van der Waals surface area contributed by atoms with E-state index in [1.165, 1.54) is 32.2 Å². The predicted molar refractivity (Wildman–Crippen MR) is 95.6 cm³/mol. The number of thioether (sulfide) groups is 1. The van der Waals surface area contributed by atoms with E-state index in [-0.39, 0.29) is 11.7 Å². The first-order chi connectivity index (χ1) is 12.1. The number of aromatic nitrogens is 4. The van der Waals surface area contributed by atoms with Gasteiger partial charge in [-0.2, -0.15) is 0 Å². The molecule has 0 aliphatic heterocycles. The van der Waals surface area contributed by atoms with Crippen molar-refractivity contribution in [2.24, 2.45) is 0 Å². The van der Waals surface area contributed by atoms with Crippen molar-refractivity contribution in [1.29, 1.82) is 0 Å². The molecule has 3 aromatic rings. The summed E-state index contributed by atoms with van der Waals surface area (Å²) in [5, 5.41) is 3.74. The van der Waals surface area contributed by atoms with Gasteiger partial charge in [0.2, 0.25) is 5.91 Å². The molecular formula is C15H14ClN5O3S. The third-order valence-corrected chi connectivity index (χ3v) is 4.25. The highest BCUT2D eigenvalue weighted by Crippen LogP contribution is 2.27. The molecule has 0 radical (unpaired) electrons. The summed E-state index contributed by atoms with van der Waals surface area (Å²) >= 11 is 7.11. The number of imidazole rings is 1. The first-order valence-corrected chi connectivity index (χ1v) is 8.47. The van der Waals surface area contributed by atoms with E-state index in [9.17, 15) is 4.79 Å². The molecule has 0 aliphatic rings. The molecule has 25 heavy (non-hydrogen) atoms. The highest BCUT2D eigenvalue weighted by molar-refractivity contribution is 7.99. The zero-order valence-corrected chi connectivity index (χ0v) is 14.9. The lowest BCUT2D eigenvalue weighted by molar-refractivity contribution is -0.113. The van der Waals surface area contributed by atoms with E-state index in [1.807, 2.05) is 0 Å². The van der Waals surface area contributed by atoms with Gasteiger partial charge in [-0.15, -0.1) is 0 Å². The maximum Gasteiger partial charge on any atom is 0.256 e. The number of fused-ring (bicyclic) bond motifs is 1. The Morgan fingerprint density at radius 3 is 2.88 bits per heavy atom. The maximum absolute atomic E-state index is 12.1. The number of ether oxygens (including phenoxy) is 2. The van der Waals surface area contributed by atoms with Gasteiger partial charge >= 0.3 is 0 Å². The molecule has 3 rings (SSSR count). The van der Waals surface area contributed by atoms with Gasteiger partial charge in [0.1, 0.15) is 10.7 Å². The molecule has 3 aromatic heterocycles. The van der Waals surface area contributed by atoms with E-state index in [0.717, 1.165) is 5.52 Å². The Kier molecular flexibility index (Phi) is 5.25. The van der Waals surface area contributed by atoms with Crippen molar-refractivity contribution in [3.8, 4) is 11.6 Å². The molecule has 0 saturated carbocycles. The van der Waals surface area contributed by atoms with Crippen molar-refractivity contribution in [1.82, 2.24) is 19.9 Å². The summed E-state index contributed by atoms with van der Waals surface area (Å²) in [6.45, 7) is 0. The van der Waals surface area contributed by atoms with E-state index in [0.29, 0.717) is 33.1 Å². The standard InChI is InChI=1S/C15H14ClN5O3S/c1-23-11-3-8(5-18-14(11)24-2)19-13(22)7-25-15-20-9-4-12(16)17-6-10(9)21-15/h3-6H,7H2,1-2H3,(H,19,22)(H,20,21). The number of amides is 1. The Bertz CT molecular complexity index is 917. The minimum atomic E-state index is -0.198. The monoisotopic (exact) mass is 379 g/mol. The van der Waals surface area contributed by atoms with Crippen molar-refractivity contribution >= 4 is 46.0 Å². The van der Waals surface area contributed by atoms with Crippen LogP contribution in [0.4, 0.5) is 5.69 Å². The first kappa shape index (κ1) is 17.3. The summed E-state index contributed by atoms with van der Waals surface area (Å²) in [6.07, 6.45) is 3.08. The molecule has 1 amide bonds. The van der Waals surface area contributed by atoms with Crippen LogP contribution in [0.25, 0.3) is 11.0 Å². The van der Waals surface area contributed by atoms with Crippen LogP contribution >= 0.6 is 23.4 Å². The second-order valence-corrected chi connectivity index (χ2v) is 6.19. The average molecular weight is 380 g/mol. The molecule has 0 spiro atoms. The van der Waals surface area contributed by atoms with Crippen molar-refractivity contribution in [2.45, 2.75) is 5.16 Å².